The van der Waals surface area contributed by atoms with Gasteiger partial charge in [-0.3, -0.25) is 4.99 Å². The van der Waals surface area contributed by atoms with E-state index in [1.54, 1.807) is 7.05 Å². The molecule has 2 rings (SSSR count). The van der Waals surface area contributed by atoms with Crippen LogP contribution >= 0.6 is 0 Å². The highest BCUT2D eigenvalue weighted by molar-refractivity contribution is 5.89. The first-order chi connectivity index (χ1) is 12.6. The molecule has 2 aromatic rings. The van der Waals surface area contributed by atoms with E-state index in [4.69, 9.17) is 0 Å². The first kappa shape index (κ1) is 19.4. The molecule has 0 saturated carbocycles. The lowest BCUT2D eigenvalue weighted by molar-refractivity contribution is 1.00. The Morgan fingerprint density at radius 1 is 1.27 bits per heavy atom. The van der Waals surface area contributed by atoms with Crippen molar-refractivity contribution >= 4 is 24.8 Å². The molecular formula is C21H27N5. The summed E-state index contributed by atoms with van der Waals surface area (Å²) in [6.45, 7) is 10.3. The molecule has 0 atom stereocenters. The second kappa shape index (κ2) is 8.94. The minimum absolute atomic E-state index is 0.621. The Kier molecular flexibility index (Phi) is 6.67. The van der Waals surface area contributed by atoms with Gasteiger partial charge in [-0.1, -0.05) is 25.7 Å². The van der Waals surface area contributed by atoms with Gasteiger partial charge in [0.15, 0.2) is 0 Å². The van der Waals surface area contributed by atoms with E-state index in [1.807, 2.05) is 45.4 Å². The number of aromatic nitrogens is 3. The standard InChI is InChI=1S/C21H27N5/c1-7-15(16(8-2)12-22-5)10-18-14(4)24-13-19(18)20-11-17(9-3)25-21(23-6)26-20/h7-8,10-13,24H,4,9H2,1-3,5-6H3,(H,23,25,26)/b15-7+,16-8+,18-10+,22-12?. The Balaban J connectivity index is 2.69. The molecule has 0 saturated heterocycles. The van der Waals surface area contributed by atoms with Crippen LogP contribution in [0.1, 0.15) is 26.5 Å². The summed E-state index contributed by atoms with van der Waals surface area (Å²) in [5, 5.41) is 4.91. The van der Waals surface area contributed by atoms with E-state index in [0.29, 0.717) is 5.95 Å². The Morgan fingerprint density at radius 2 is 2.00 bits per heavy atom. The van der Waals surface area contributed by atoms with Crippen molar-refractivity contribution in [2.75, 3.05) is 19.4 Å². The van der Waals surface area contributed by atoms with E-state index < -0.39 is 0 Å². The van der Waals surface area contributed by atoms with Gasteiger partial charge in [-0.2, -0.15) is 0 Å². The fourth-order valence-corrected chi connectivity index (χ4v) is 2.73. The van der Waals surface area contributed by atoms with E-state index in [1.165, 1.54) is 0 Å². The molecule has 136 valence electrons. The fourth-order valence-electron chi connectivity index (χ4n) is 2.73. The molecular weight excluding hydrogens is 322 g/mol. The van der Waals surface area contributed by atoms with Crippen LogP contribution in [0.25, 0.3) is 23.9 Å². The average Bonchev–Trinajstić information content (AvgIpc) is 3.04. The summed E-state index contributed by atoms with van der Waals surface area (Å²) in [4.78, 5) is 16.5. The molecule has 5 heteroatoms. The number of hydrogen-bond acceptors (Lipinski definition) is 4. The van der Waals surface area contributed by atoms with Gasteiger partial charge in [-0.05, 0) is 43.6 Å². The maximum absolute atomic E-state index is 4.63. The molecule has 0 aliphatic rings. The number of aliphatic imine (C=N–C) groups is 1. The first-order valence-corrected chi connectivity index (χ1v) is 8.77. The molecule has 0 spiro atoms. The fraction of sp³-hybridized carbons (Fsp3) is 0.286. The van der Waals surface area contributed by atoms with Gasteiger partial charge >= 0.3 is 0 Å². The van der Waals surface area contributed by atoms with E-state index in [0.717, 1.165) is 45.1 Å². The van der Waals surface area contributed by atoms with E-state index >= 15 is 0 Å². The summed E-state index contributed by atoms with van der Waals surface area (Å²) in [5.74, 6) is 0.621. The quantitative estimate of drug-likeness (QED) is 0.622. The Bertz CT molecular complexity index is 939. The number of H-pyrrole nitrogens is 1. The number of nitrogens with one attached hydrogen (secondary N) is 2. The van der Waals surface area contributed by atoms with Crippen molar-refractivity contribution < 1.29 is 0 Å². The predicted molar refractivity (Wildman–Crippen MR) is 112 cm³/mol. The number of anilines is 1. The SMILES string of the molecule is C=c1[nH]cc(-c2cc(CC)nc(NC)n2)/c1=C/C(=C\C)C(/C=NC)=C/C. The number of nitrogens with zero attached hydrogens (tertiary/aromatic N) is 3. The third kappa shape index (κ3) is 4.17. The van der Waals surface area contributed by atoms with Gasteiger partial charge in [0.1, 0.15) is 0 Å². The maximum Gasteiger partial charge on any atom is 0.223 e. The number of rotatable bonds is 6. The number of aromatic amines is 1. The molecule has 26 heavy (non-hydrogen) atoms. The molecule has 0 aliphatic heterocycles. The summed E-state index contributed by atoms with van der Waals surface area (Å²) in [6, 6.07) is 2.03. The van der Waals surface area contributed by atoms with Crippen LogP contribution in [0.2, 0.25) is 0 Å². The normalized spacial score (nSPS) is 13.7. The zero-order valence-corrected chi connectivity index (χ0v) is 16.2. The van der Waals surface area contributed by atoms with Gasteiger partial charge in [0.25, 0.3) is 0 Å². The van der Waals surface area contributed by atoms with Crippen LogP contribution in [0.3, 0.4) is 0 Å². The summed E-state index contributed by atoms with van der Waals surface area (Å²) >= 11 is 0. The third-order valence-corrected chi connectivity index (χ3v) is 4.17. The Labute approximate surface area is 155 Å². The van der Waals surface area contributed by atoms with Crippen molar-refractivity contribution in [2.24, 2.45) is 4.99 Å². The summed E-state index contributed by atoms with van der Waals surface area (Å²) in [5.41, 5.74) is 5.03. The monoisotopic (exact) mass is 349 g/mol. The van der Waals surface area contributed by atoms with Gasteiger partial charge in [0, 0.05) is 48.3 Å². The first-order valence-electron chi connectivity index (χ1n) is 8.77. The lowest BCUT2D eigenvalue weighted by Gasteiger charge is -2.06. The maximum atomic E-state index is 4.63. The zero-order chi connectivity index (χ0) is 19.1. The van der Waals surface area contributed by atoms with Crippen LogP contribution in [0, 0.1) is 0 Å². The van der Waals surface area contributed by atoms with Crippen molar-refractivity contribution in [1.82, 2.24) is 15.0 Å². The third-order valence-electron chi connectivity index (χ3n) is 4.17. The van der Waals surface area contributed by atoms with Crippen LogP contribution in [-0.4, -0.2) is 35.3 Å². The molecule has 0 unspecified atom stereocenters. The Morgan fingerprint density at radius 3 is 2.58 bits per heavy atom. The van der Waals surface area contributed by atoms with E-state index in [2.05, 4.69) is 50.9 Å². The minimum Gasteiger partial charge on any atom is -0.361 e. The summed E-state index contributed by atoms with van der Waals surface area (Å²) < 4.78 is 0. The minimum atomic E-state index is 0.621. The molecule has 0 radical (unpaired) electrons. The molecule has 0 bridgehead atoms. The van der Waals surface area contributed by atoms with Crippen molar-refractivity contribution in [3.63, 3.8) is 0 Å². The number of aryl methyl sites for hydroxylation is 1. The van der Waals surface area contributed by atoms with Gasteiger partial charge in [-0.15, -0.1) is 0 Å². The molecule has 2 N–H and O–H groups in total. The second-order valence-corrected chi connectivity index (χ2v) is 5.79. The van der Waals surface area contributed by atoms with E-state index in [-0.39, 0.29) is 0 Å². The average molecular weight is 349 g/mol. The lowest BCUT2D eigenvalue weighted by atomic mass is 10.0. The molecule has 0 amide bonds. The van der Waals surface area contributed by atoms with Crippen LogP contribution in [-0.2, 0) is 6.42 Å². The number of hydrogen-bond donors (Lipinski definition) is 2. The van der Waals surface area contributed by atoms with Gasteiger partial charge < -0.3 is 10.3 Å². The zero-order valence-electron chi connectivity index (χ0n) is 16.2. The molecule has 2 aromatic heterocycles. The van der Waals surface area contributed by atoms with Crippen molar-refractivity contribution in [2.45, 2.75) is 27.2 Å². The van der Waals surface area contributed by atoms with Crippen molar-refractivity contribution in [1.29, 1.82) is 0 Å². The highest BCUT2D eigenvalue weighted by Gasteiger charge is 2.09. The van der Waals surface area contributed by atoms with Crippen molar-refractivity contribution in [3.05, 3.63) is 51.8 Å². The Hall–Kier alpha value is -2.95. The molecule has 0 fully saturated rings. The molecule has 2 heterocycles. The highest BCUT2D eigenvalue weighted by atomic mass is 15.1. The highest BCUT2D eigenvalue weighted by Crippen LogP contribution is 2.17. The molecule has 0 aromatic carbocycles. The van der Waals surface area contributed by atoms with Gasteiger partial charge in [-0.25, -0.2) is 9.97 Å². The van der Waals surface area contributed by atoms with Crippen LogP contribution in [0.15, 0.2) is 40.6 Å². The smallest absolute Gasteiger partial charge is 0.223 e. The summed E-state index contributed by atoms with van der Waals surface area (Å²) in [6.07, 6.45) is 10.9. The van der Waals surface area contributed by atoms with Crippen molar-refractivity contribution in [3.8, 4) is 11.3 Å². The van der Waals surface area contributed by atoms with Gasteiger partial charge in [0.2, 0.25) is 5.95 Å². The van der Waals surface area contributed by atoms with Gasteiger partial charge in [0.05, 0.1) is 5.69 Å². The lowest BCUT2D eigenvalue weighted by Crippen LogP contribution is -2.23. The predicted octanol–water partition coefficient (Wildman–Crippen LogP) is 2.86. The summed E-state index contributed by atoms with van der Waals surface area (Å²) in [7, 11) is 3.60. The second-order valence-electron chi connectivity index (χ2n) is 5.79. The largest absolute Gasteiger partial charge is 0.361 e. The van der Waals surface area contributed by atoms with Crippen LogP contribution in [0.4, 0.5) is 5.95 Å². The molecule has 5 nitrogen and oxygen atoms in total. The topological polar surface area (TPSA) is 66.0 Å². The number of allylic oxidation sites excluding steroid dienone is 4. The van der Waals surface area contributed by atoms with Crippen LogP contribution < -0.4 is 15.9 Å². The molecule has 0 aliphatic carbocycles. The van der Waals surface area contributed by atoms with E-state index in [9.17, 15) is 0 Å². The van der Waals surface area contributed by atoms with Crippen LogP contribution in [0.5, 0.6) is 0 Å².